The Kier molecular flexibility index (Phi) is 6.06. The third-order valence-electron chi connectivity index (χ3n) is 2.45. The monoisotopic (exact) mass is 282 g/mol. The minimum absolute atomic E-state index is 0. The molecule has 0 aliphatic heterocycles. The summed E-state index contributed by atoms with van der Waals surface area (Å²) in [6.45, 7) is 0. The molecule has 1 fully saturated rings. The Morgan fingerprint density at radius 3 is 1.59 bits per heavy atom. The molecule has 0 aromatic carbocycles. The predicted octanol–water partition coefficient (Wildman–Crippen LogP) is -4.73. The summed E-state index contributed by atoms with van der Waals surface area (Å²) in [4.78, 5) is 10.2. The summed E-state index contributed by atoms with van der Waals surface area (Å²) in [5.74, 6) is -3.11. The van der Waals surface area contributed by atoms with Gasteiger partial charge in [-0.1, -0.05) is 0 Å². The molecule has 0 amide bonds. The molecule has 6 atom stereocenters. The van der Waals surface area contributed by atoms with E-state index in [-0.39, 0.29) is 37.7 Å². The quantitative estimate of drug-likeness (QED) is 0.142. The molecule has 1 aliphatic rings. The Balaban J connectivity index is 0.00000256. The summed E-state index contributed by atoms with van der Waals surface area (Å²) in [5, 5.41) is 63.8. The van der Waals surface area contributed by atoms with Gasteiger partial charge in [-0.15, -0.1) is 0 Å². The molecule has 0 unspecified atom stereocenters. The summed E-state index contributed by atoms with van der Waals surface area (Å²) in [6, 6.07) is 0. The van der Waals surface area contributed by atoms with Crippen LogP contribution in [0, 0.1) is 0 Å². The van der Waals surface area contributed by atoms with Crippen molar-refractivity contribution in [2.24, 2.45) is 0 Å². The third kappa shape index (κ3) is 3.00. The second kappa shape index (κ2) is 5.95. The normalized spacial score (nSPS) is 45.9. The average Bonchev–Trinajstić information content (AvgIpc) is 2.21. The first kappa shape index (κ1) is 17.3. The van der Waals surface area contributed by atoms with Crippen molar-refractivity contribution in [3.63, 3.8) is 0 Å². The van der Waals surface area contributed by atoms with Crippen LogP contribution in [-0.4, -0.2) is 116 Å². The Labute approximate surface area is 125 Å². The van der Waals surface area contributed by atoms with Gasteiger partial charge in [-0.2, -0.15) is 0 Å². The standard InChI is InChI=1S/C7H12O9.Ca.2H/c8-1-2(9)4(11)7(15,16-6(13)14)5(12)3(1)10;;;/h1-5,8-12,15H,(H,13,14);;;/t1-,2-,3+,4-,5-,7-;;;/m1.../s1. The van der Waals surface area contributed by atoms with Crippen LogP contribution >= 0.6 is 0 Å². The van der Waals surface area contributed by atoms with E-state index in [1.165, 1.54) is 0 Å². The number of rotatable bonds is 1. The van der Waals surface area contributed by atoms with Crippen molar-refractivity contribution in [1.29, 1.82) is 0 Å². The summed E-state index contributed by atoms with van der Waals surface area (Å²) < 4.78 is 3.83. The fourth-order valence-corrected chi connectivity index (χ4v) is 1.50. The van der Waals surface area contributed by atoms with Crippen molar-refractivity contribution in [1.82, 2.24) is 0 Å². The SMILES string of the molecule is O=C(O)O[C@]1(O)[C@H](O)[C@H](O)[C@@H](O)[C@H](O)[C@H]1O.[CaH2]. The van der Waals surface area contributed by atoms with Crippen LogP contribution < -0.4 is 0 Å². The second-order valence-corrected chi connectivity index (χ2v) is 3.48. The van der Waals surface area contributed by atoms with Crippen molar-refractivity contribution >= 4 is 43.9 Å². The van der Waals surface area contributed by atoms with Gasteiger partial charge in [0.1, 0.15) is 18.3 Å². The Hall–Kier alpha value is 0.290. The van der Waals surface area contributed by atoms with Gasteiger partial charge in [0, 0.05) is 0 Å². The molecule has 98 valence electrons. The second-order valence-electron chi connectivity index (χ2n) is 3.48. The van der Waals surface area contributed by atoms with Crippen molar-refractivity contribution in [3.05, 3.63) is 0 Å². The minimum atomic E-state index is -3.11. The van der Waals surface area contributed by atoms with E-state index in [0.29, 0.717) is 0 Å². The van der Waals surface area contributed by atoms with E-state index in [1.807, 2.05) is 0 Å². The van der Waals surface area contributed by atoms with Crippen molar-refractivity contribution < 1.29 is 45.3 Å². The van der Waals surface area contributed by atoms with Gasteiger partial charge in [-0.25, -0.2) is 4.79 Å². The van der Waals surface area contributed by atoms with Crippen LogP contribution in [0.1, 0.15) is 0 Å². The molecule has 1 aliphatic carbocycles. The Bertz CT molecular complexity index is 269. The van der Waals surface area contributed by atoms with Crippen LogP contribution in [0.25, 0.3) is 0 Å². The number of aliphatic hydroxyl groups is 6. The molecule has 0 radical (unpaired) electrons. The fraction of sp³-hybridized carbons (Fsp3) is 0.857. The van der Waals surface area contributed by atoms with Crippen molar-refractivity contribution in [2.45, 2.75) is 36.3 Å². The van der Waals surface area contributed by atoms with E-state index in [2.05, 4.69) is 4.74 Å². The third-order valence-corrected chi connectivity index (χ3v) is 2.45. The number of carbonyl (C=O) groups is 1. The van der Waals surface area contributed by atoms with Gasteiger partial charge < -0.3 is 40.5 Å². The number of aliphatic hydroxyl groups excluding tert-OH is 5. The maximum atomic E-state index is 10.2. The van der Waals surface area contributed by atoms with E-state index in [9.17, 15) is 30.3 Å². The molecule has 9 nitrogen and oxygen atoms in total. The summed E-state index contributed by atoms with van der Waals surface area (Å²) >= 11 is 0. The molecule has 1 saturated carbocycles. The number of ether oxygens (including phenoxy) is 1. The Morgan fingerprint density at radius 2 is 1.29 bits per heavy atom. The van der Waals surface area contributed by atoms with Crippen LogP contribution in [0.5, 0.6) is 0 Å². The van der Waals surface area contributed by atoms with E-state index < -0.39 is 42.5 Å². The van der Waals surface area contributed by atoms with Crippen molar-refractivity contribution in [3.8, 4) is 0 Å². The molecule has 17 heavy (non-hydrogen) atoms. The van der Waals surface area contributed by atoms with Gasteiger partial charge in [0.25, 0.3) is 5.79 Å². The molecular formula is C7H14CaO9. The summed E-state index contributed by atoms with van der Waals surface area (Å²) in [7, 11) is 0. The average molecular weight is 282 g/mol. The summed E-state index contributed by atoms with van der Waals surface area (Å²) in [5.41, 5.74) is 0. The van der Waals surface area contributed by atoms with E-state index in [1.54, 1.807) is 0 Å². The number of hydrogen-bond donors (Lipinski definition) is 7. The molecule has 0 bridgehead atoms. The molecule has 0 saturated heterocycles. The zero-order valence-corrected chi connectivity index (χ0v) is 7.83. The van der Waals surface area contributed by atoms with Crippen LogP contribution in [0.3, 0.4) is 0 Å². The van der Waals surface area contributed by atoms with Crippen LogP contribution in [0.15, 0.2) is 0 Å². The Morgan fingerprint density at radius 1 is 0.941 bits per heavy atom. The van der Waals surface area contributed by atoms with E-state index in [0.717, 1.165) is 0 Å². The van der Waals surface area contributed by atoms with Gasteiger partial charge in [0.05, 0.1) is 0 Å². The zero-order chi connectivity index (χ0) is 12.7. The molecule has 10 heteroatoms. The van der Waals surface area contributed by atoms with Crippen molar-refractivity contribution in [2.75, 3.05) is 0 Å². The first-order valence-electron chi connectivity index (χ1n) is 4.26. The molecule has 0 heterocycles. The van der Waals surface area contributed by atoms with E-state index in [4.69, 9.17) is 10.2 Å². The number of carboxylic acid groups (broad SMARTS) is 1. The molecule has 0 spiro atoms. The number of hydrogen-bond acceptors (Lipinski definition) is 8. The van der Waals surface area contributed by atoms with Gasteiger partial charge in [-0.3, -0.25) is 0 Å². The molecular weight excluding hydrogens is 268 g/mol. The molecule has 0 aromatic rings. The molecule has 0 aromatic heterocycles. The van der Waals surface area contributed by atoms with Crippen LogP contribution in [-0.2, 0) is 4.74 Å². The first-order valence-corrected chi connectivity index (χ1v) is 4.26. The maximum absolute atomic E-state index is 10.2. The van der Waals surface area contributed by atoms with Gasteiger partial charge in [0.2, 0.25) is 0 Å². The van der Waals surface area contributed by atoms with Gasteiger partial charge >= 0.3 is 43.9 Å². The molecule has 1 rings (SSSR count). The first-order chi connectivity index (χ1) is 7.21. The van der Waals surface area contributed by atoms with Gasteiger partial charge in [0.15, 0.2) is 12.2 Å². The topological polar surface area (TPSA) is 168 Å². The fourth-order valence-electron chi connectivity index (χ4n) is 1.50. The predicted molar refractivity (Wildman–Crippen MR) is 52.6 cm³/mol. The van der Waals surface area contributed by atoms with Crippen LogP contribution in [0.4, 0.5) is 4.79 Å². The molecule has 7 N–H and O–H groups in total. The van der Waals surface area contributed by atoms with E-state index >= 15 is 0 Å². The van der Waals surface area contributed by atoms with Crippen LogP contribution in [0.2, 0.25) is 0 Å². The zero-order valence-electron chi connectivity index (χ0n) is 7.83. The van der Waals surface area contributed by atoms with Gasteiger partial charge in [-0.05, 0) is 0 Å². The summed E-state index contributed by atoms with van der Waals surface area (Å²) in [6.07, 6.45) is -12.7.